The summed E-state index contributed by atoms with van der Waals surface area (Å²) in [6, 6.07) is 7.64. The van der Waals surface area contributed by atoms with Crippen LogP contribution in [0.2, 0.25) is 0 Å². The summed E-state index contributed by atoms with van der Waals surface area (Å²) in [5, 5.41) is 15.1. The summed E-state index contributed by atoms with van der Waals surface area (Å²) in [6.07, 6.45) is 0. The van der Waals surface area contributed by atoms with Gasteiger partial charge in [-0.2, -0.15) is 0 Å². The van der Waals surface area contributed by atoms with Crippen molar-refractivity contribution in [1.29, 1.82) is 0 Å². The normalized spacial score (nSPS) is 10.6. The zero-order valence-corrected chi connectivity index (χ0v) is 12.6. The SMILES string of the molecule is O=[N+]([O-])c1ccc(-c2csc(Nc3ccc(F)c(F)c3F)n2)cc1. The topological polar surface area (TPSA) is 68.1 Å². The van der Waals surface area contributed by atoms with E-state index >= 15 is 0 Å². The molecule has 9 heteroatoms. The summed E-state index contributed by atoms with van der Waals surface area (Å²) < 4.78 is 39.7. The van der Waals surface area contributed by atoms with E-state index in [4.69, 9.17) is 0 Å². The van der Waals surface area contributed by atoms with Crippen LogP contribution in [0.5, 0.6) is 0 Å². The van der Waals surface area contributed by atoms with Crippen LogP contribution in [0, 0.1) is 27.6 Å². The number of rotatable bonds is 4. The van der Waals surface area contributed by atoms with E-state index in [1.54, 1.807) is 5.38 Å². The Labute approximate surface area is 137 Å². The minimum Gasteiger partial charge on any atom is -0.329 e. The van der Waals surface area contributed by atoms with Crippen molar-refractivity contribution in [3.8, 4) is 11.3 Å². The molecule has 0 radical (unpaired) electrons. The molecule has 0 aliphatic heterocycles. The lowest BCUT2D eigenvalue weighted by molar-refractivity contribution is -0.384. The van der Waals surface area contributed by atoms with Gasteiger partial charge in [-0.1, -0.05) is 0 Å². The van der Waals surface area contributed by atoms with Gasteiger partial charge in [0, 0.05) is 23.1 Å². The van der Waals surface area contributed by atoms with E-state index in [1.807, 2.05) is 0 Å². The number of thiazole rings is 1. The molecule has 1 N–H and O–H groups in total. The van der Waals surface area contributed by atoms with E-state index in [9.17, 15) is 23.3 Å². The zero-order valence-electron chi connectivity index (χ0n) is 11.8. The molecule has 24 heavy (non-hydrogen) atoms. The minimum absolute atomic E-state index is 0.0452. The number of hydrogen-bond acceptors (Lipinski definition) is 5. The van der Waals surface area contributed by atoms with E-state index in [1.165, 1.54) is 24.3 Å². The van der Waals surface area contributed by atoms with Gasteiger partial charge in [0.15, 0.2) is 22.6 Å². The molecule has 0 spiro atoms. The molecule has 2 aromatic carbocycles. The second-order valence-electron chi connectivity index (χ2n) is 4.69. The molecule has 0 saturated heterocycles. The Morgan fingerprint density at radius 3 is 2.42 bits per heavy atom. The molecule has 0 amide bonds. The lowest BCUT2D eigenvalue weighted by Gasteiger charge is -2.05. The maximum atomic E-state index is 13.6. The molecule has 0 saturated carbocycles. The monoisotopic (exact) mass is 351 g/mol. The molecule has 0 atom stereocenters. The molecule has 0 aliphatic rings. The van der Waals surface area contributed by atoms with Gasteiger partial charge in [-0.25, -0.2) is 18.2 Å². The Hall–Kier alpha value is -2.94. The standard InChI is InChI=1S/C15H8F3N3O2S/c16-10-5-6-11(14(18)13(10)17)19-15-20-12(7-24-15)8-1-3-9(4-2-8)21(22)23/h1-7H,(H,19,20). The van der Waals surface area contributed by atoms with E-state index in [-0.39, 0.29) is 16.5 Å². The molecule has 0 aliphatic carbocycles. The molecule has 1 heterocycles. The molecule has 1 aromatic heterocycles. The van der Waals surface area contributed by atoms with Crippen LogP contribution in [0.1, 0.15) is 0 Å². The summed E-state index contributed by atoms with van der Waals surface area (Å²) in [6.45, 7) is 0. The lowest BCUT2D eigenvalue weighted by atomic mass is 10.1. The van der Waals surface area contributed by atoms with Gasteiger partial charge in [-0.3, -0.25) is 10.1 Å². The van der Waals surface area contributed by atoms with Gasteiger partial charge in [-0.05, 0) is 24.3 Å². The van der Waals surface area contributed by atoms with Gasteiger partial charge in [-0.15, -0.1) is 11.3 Å². The molecule has 5 nitrogen and oxygen atoms in total. The summed E-state index contributed by atoms with van der Waals surface area (Å²) in [7, 11) is 0. The van der Waals surface area contributed by atoms with Crippen LogP contribution in [0.15, 0.2) is 41.8 Å². The predicted octanol–water partition coefficient (Wildman–Crippen LogP) is 4.88. The number of aromatic nitrogens is 1. The second-order valence-corrected chi connectivity index (χ2v) is 5.55. The number of hydrogen-bond donors (Lipinski definition) is 1. The number of non-ortho nitro benzene ring substituents is 1. The summed E-state index contributed by atoms with van der Waals surface area (Å²) in [5.74, 6) is -4.17. The predicted molar refractivity (Wildman–Crippen MR) is 83.8 cm³/mol. The number of halogens is 3. The van der Waals surface area contributed by atoms with Crippen molar-refractivity contribution in [1.82, 2.24) is 4.98 Å². The zero-order chi connectivity index (χ0) is 17.3. The first kappa shape index (κ1) is 15.9. The fraction of sp³-hybridized carbons (Fsp3) is 0. The van der Waals surface area contributed by atoms with E-state index in [2.05, 4.69) is 10.3 Å². The van der Waals surface area contributed by atoms with Crippen LogP contribution in [0.3, 0.4) is 0 Å². The first-order chi connectivity index (χ1) is 11.5. The summed E-state index contributed by atoms with van der Waals surface area (Å²) >= 11 is 1.13. The fourth-order valence-corrected chi connectivity index (χ4v) is 2.69. The van der Waals surface area contributed by atoms with Gasteiger partial charge >= 0.3 is 0 Å². The third kappa shape index (κ3) is 3.06. The Morgan fingerprint density at radius 1 is 1.04 bits per heavy atom. The minimum atomic E-state index is -1.56. The van der Waals surface area contributed by atoms with E-state index in [0.29, 0.717) is 11.3 Å². The quantitative estimate of drug-likeness (QED) is 0.413. The third-order valence-corrected chi connectivity index (χ3v) is 3.91. The number of benzene rings is 2. The van der Waals surface area contributed by atoms with E-state index in [0.717, 1.165) is 23.5 Å². The molecule has 3 aromatic rings. The van der Waals surface area contributed by atoms with Gasteiger partial charge in [0.05, 0.1) is 16.3 Å². The molecule has 3 rings (SSSR count). The van der Waals surface area contributed by atoms with Crippen LogP contribution in [0.4, 0.5) is 29.7 Å². The van der Waals surface area contributed by atoms with Gasteiger partial charge in [0.2, 0.25) is 0 Å². The molecular weight excluding hydrogens is 343 g/mol. The molecule has 0 bridgehead atoms. The largest absolute Gasteiger partial charge is 0.329 e. The van der Waals surface area contributed by atoms with Gasteiger partial charge in [0.25, 0.3) is 5.69 Å². The molecule has 122 valence electrons. The van der Waals surface area contributed by atoms with Crippen molar-refractivity contribution in [3.05, 3.63) is 69.3 Å². The van der Waals surface area contributed by atoms with Crippen LogP contribution >= 0.6 is 11.3 Å². The molecule has 0 unspecified atom stereocenters. The van der Waals surface area contributed by atoms with Crippen LogP contribution in [-0.4, -0.2) is 9.91 Å². The third-order valence-electron chi connectivity index (χ3n) is 3.15. The summed E-state index contributed by atoms with van der Waals surface area (Å²) in [4.78, 5) is 14.3. The number of anilines is 2. The highest BCUT2D eigenvalue weighted by Gasteiger charge is 2.15. The maximum absolute atomic E-state index is 13.6. The van der Waals surface area contributed by atoms with Crippen molar-refractivity contribution in [2.75, 3.05) is 5.32 Å². The van der Waals surface area contributed by atoms with Gasteiger partial charge in [0.1, 0.15) is 0 Å². The smallest absolute Gasteiger partial charge is 0.269 e. The highest BCUT2D eigenvalue weighted by molar-refractivity contribution is 7.14. The highest BCUT2D eigenvalue weighted by Crippen LogP contribution is 2.29. The molecular formula is C15H8F3N3O2S. The molecule has 0 fully saturated rings. The second kappa shape index (κ2) is 6.28. The Kier molecular flexibility index (Phi) is 4.17. The number of nitro groups is 1. The first-order valence-corrected chi connectivity index (χ1v) is 7.44. The maximum Gasteiger partial charge on any atom is 0.269 e. The van der Waals surface area contributed by atoms with E-state index < -0.39 is 22.4 Å². The van der Waals surface area contributed by atoms with Crippen LogP contribution in [-0.2, 0) is 0 Å². The average Bonchev–Trinajstić information content (AvgIpc) is 3.04. The van der Waals surface area contributed by atoms with Crippen molar-refractivity contribution >= 4 is 27.8 Å². The van der Waals surface area contributed by atoms with Crippen LogP contribution < -0.4 is 5.32 Å². The van der Waals surface area contributed by atoms with Crippen molar-refractivity contribution in [2.24, 2.45) is 0 Å². The van der Waals surface area contributed by atoms with Crippen molar-refractivity contribution in [3.63, 3.8) is 0 Å². The van der Waals surface area contributed by atoms with Crippen molar-refractivity contribution < 1.29 is 18.1 Å². The van der Waals surface area contributed by atoms with Crippen LogP contribution in [0.25, 0.3) is 11.3 Å². The highest BCUT2D eigenvalue weighted by atomic mass is 32.1. The number of nitrogens with zero attached hydrogens (tertiary/aromatic N) is 2. The average molecular weight is 351 g/mol. The number of nitro benzene ring substituents is 1. The van der Waals surface area contributed by atoms with Gasteiger partial charge < -0.3 is 5.32 Å². The van der Waals surface area contributed by atoms with Crippen molar-refractivity contribution in [2.45, 2.75) is 0 Å². The first-order valence-electron chi connectivity index (χ1n) is 6.56. The number of nitrogens with one attached hydrogen (secondary N) is 1. The lowest BCUT2D eigenvalue weighted by Crippen LogP contribution is -1.98. The fourth-order valence-electron chi connectivity index (χ4n) is 1.96. The Morgan fingerprint density at radius 2 is 1.75 bits per heavy atom. The summed E-state index contributed by atoms with van der Waals surface area (Å²) in [5.41, 5.74) is 0.866. The Bertz CT molecular complexity index is 913. The Balaban J connectivity index is 1.83.